The molecule has 0 heterocycles. The molecule has 112 valence electrons. The Hall–Kier alpha value is -0.330. The van der Waals surface area contributed by atoms with Gasteiger partial charge in [0.15, 0.2) is 0 Å². The smallest absolute Gasteiger partial charge is 0.216 e. The first-order chi connectivity index (χ1) is 9.37. The van der Waals surface area contributed by atoms with Crippen LogP contribution < -0.4 is 10.5 Å². The lowest BCUT2D eigenvalue weighted by Crippen LogP contribution is -2.40. The Balaban J connectivity index is 2.04. The van der Waals surface area contributed by atoms with E-state index in [2.05, 4.69) is 4.72 Å². The van der Waals surface area contributed by atoms with Crippen LogP contribution in [0.1, 0.15) is 31.2 Å². The second-order valence-corrected chi connectivity index (χ2v) is 7.76. The number of sulfonamides is 1. The van der Waals surface area contributed by atoms with E-state index in [4.69, 9.17) is 28.9 Å². The molecule has 0 aromatic heterocycles. The van der Waals surface area contributed by atoms with E-state index in [1.807, 2.05) is 0 Å². The number of halogens is 2. The molecule has 0 bridgehead atoms. The highest BCUT2D eigenvalue weighted by atomic mass is 35.5. The molecule has 1 aromatic rings. The fourth-order valence-electron chi connectivity index (χ4n) is 2.39. The minimum Gasteiger partial charge on any atom is -0.328 e. The molecule has 0 saturated heterocycles. The van der Waals surface area contributed by atoms with Gasteiger partial charge in [-0.2, -0.15) is 0 Å². The SMILES string of the molecule is NC1CCC(NS(=O)(=O)Cc2c(Cl)cccc2Cl)CC1. The summed E-state index contributed by atoms with van der Waals surface area (Å²) in [6, 6.07) is 5.11. The first-order valence-corrected chi connectivity index (χ1v) is 8.96. The van der Waals surface area contributed by atoms with Crippen LogP contribution >= 0.6 is 23.2 Å². The number of nitrogens with two attached hydrogens (primary N) is 1. The third-order valence-corrected chi connectivity index (χ3v) is 5.58. The molecule has 3 N–H and O–H groups in total. The van der Waals surface area contributed by atoms with Crippen LogP contribution in [0, 0.1) is 0 Å². The molecular weight excluding hydrogens is 319 g/mol. The summed E-state index contributed by atoms with van der Waals surface area (Å²) >= 11 is 12.0. The Bertz CT molecular complexity index is 549. The second kappa shape index (κ2) is 6.62. The Morgan fingerprint density at radius 3 is 2.25 bits per heavy atom. The predicted octanol–water partition coefficient (Wildman–Crippen LogP) is 2.68. The van der Waals surface area contributed by atoms with E-state index in [-0.39, 0.29) is 17.8 Å². The van der Waals surface area contributed by atoms with Gasteiger partial charge in [-0.05, 0) is 37.8 Å². The standard InChI is InChI=1S/C13H18Cl2N2O2S/c14-12-2-1-3-13(15)11(12)8-20(18,19)17-10-6-4-9(16)5-7-10/h1-3,9-10,17H,4-8,16H2. The summed E-state index contributed by atoms with van der Waals surface area (Å²) in [6.07, 6.45) is 3.24. The molecule has 0 aliphatic heterocycles. The molecule has 0 amide bonds. The maximum atomic E-state index is 12.2. The fourth-order valence-corrected chi connectivity index (χ4v) is 4.60. The predicted molar refractivity (Wildman–Crippen MR) is 82.5 cm³/mol. The second-order valence-electron chi connectivity index (χ2n) is 5.19. The Morgan fingerprint density at radius 1 is 1.15 bits per heavy atom. The van der Waals surface area contributed by atoms with Crippen molar-refractivity contribution in [3.05, 3.63) is 33.8 Å². The number of rotatable bonds is 4. The molecule has 1 aliphatic carbocycles. The largest absolute Gasteiger partial charge is 0.328 e. The van der Waals surface area contributed by atoms with E-state index in [0.29, 0.717) is 15.6 Å². The molecule has 0 spiro atoms. The highest BCUT2D eigenvalue weighted by Gasteiger charge is 2.24. The van der Waals surface area contributed by atoms with Gasteiger partial charge in [0.05, 0.1) is 5.75 Å². The third kappa shape index (κ3) is 4.33. The lowest BCUT2D eigenvalue weighted by molar-refractivity contribution is 0.373. The van der Waals surface area contributed by atoms with E-state index in [1.165, 1.54) is 0 Å². The van der Waals surface area contributed by atoms with Gasteiger partial charge < -0.3 is 5.73 Å². The third-order valence-electron chi connectivity index (χ3n) is 3.51. The van der Waals surface area contributed by atoms with Crippen molar-refractivity contribution in [2.24, 2.45) is 5.73 Å². The van der Waals surface area contributed by atoms with Crippen LogP contribution in [0.15, 0.2) is 18.2 Å². The summed E-state index contributed by atoms with van der Waals surface area (Å²) in [6.45, 7) is 0. The first-order valence-electron chi connectivity index (χ1n) is 6.56. The molecule has 1 aliphatic rings. The van der Waals surface area contributed by atoms with Gasteiger partial charge in [-0.15, -0.1) is 0 Å². The van der Waals surface area contributed by atoms with Crippen molar-refractivity contribution in [3.63, 3.8) is 0 Å². The monoisotopic (exact) mass is 336 g/mol. The quantitative estimate of drug-likeness (QED) is 0.887. The van der Waals surface area contributed by atoms with Crippen molar-refractivity contribution < 1.29 is 8.42 Å². The summed E-state index contributed by atoms with van der Waals surface area (Å²) < 4.78 is 27.1. The van der Waals surface area contributed by atoms with Crippen LogP contribution in [-0.2, 0) is 15.8 Å². The molecular formula is C13H18Cl2N2O2S. The minimum atomic E-state index is -3.46. The van der Waals surface area contributed by atoms with Gasteiger partial charge in [0, 0.05) is 27.7 Å². The van der Waals surface area contributed by atoms with Crippen LogP contribution in [0.3, 0.4) is 0 Å². The summed E-state index contributed by atoms with van der Waals surface area (Å²) in [4.78, 5) is 0. The molecule has 20 heavy (non-hydrogen) atoms. The van der Waals surface area contributed by atoms with Gasteiger partial charge >= 0.3 is 0 Å². The van der Waals surface area contributed by atoms with Crippen molar-refractivity contribution in [1.29, 1.82) is 0 Å². The van der Waals surface area contributed by atoms with Crippen molar-refractivity contribution in [2.75, 3.05) is 0 Å². The molecule has 0 unspecified atom stereocenters. The molecule has 7 heteroatoms. The molecule has 1 fully saturated rings. The van der Waals surface area contributed by atoms with Crippen LogP contribution in [0.4, 0.5) is 0 Å². The zero-order valence-electron chi connectivity index (χ0n) is 11.0. The molecule has 0 atom stereocenters. The van der Waals surface area contributed by atoms with E-state index in [1.54, 1.807) is 18.2 Å². The normalized spacial score (nSPS) is 23.8. The van der Waals surface area contributed by atoms with Gasteiger partial charge in [-0.1, -0.05) is 29.3 Å². The molecule has 0 radical (unpaired) electrons. The Morgan fingerprint density at radius 2 is 1.70 bits per heavy atom. The van der Waals surface area contributed by atoms with Crippen molar-refractivity contribution >= 4 is 33.2 Å². The van der Waals surface area contributed by atoms with Crippen LogP contribution in [-0.4, -0.2) is 20.5 Å². The molecule has 1 saturated carbocycles. The lowest BCUT2D eigenvalue weighted by atomic mass is 9.93. The summed E-state index contributed by atoms with van der Waals surface area (Å²) in [5, 5.41) is 0.738. The first kappa shape index (κ1) is 16.0. The summed E-state index contributed by atoms with van der Waals surface area (Å²) in [5.41, 5.74) is 6.25. The van der Waals surface area contributed by atoms with Crippen molar-refractivity contribution in [3.8, 4) is 0 Å². The van der Waals surface area contributed by atoms with Gasteiger partial charge in [-0.25, -0.2) is 13.1 Å². The molecule has 4 nitrogen and oxygen atoms in total. The summed E-state index contributed by atoms with van der Waals surface area (Å²) in [5.74, 6) is -0.200. The Kier molecular flexibility index (Phi) is 5.31. The van der Waals surface area contributed by atoms with E-state index in [0.717, 1.165) is 25.7 Å². The average molecular weight is 337 g/mol. The molecule has 1 aromatic carbocycles. The summed E-state index contributed by atoms with van der Waals surface area (Å²) in [7, 11) is -3.46. The van der Waals surface area contributed by atoms with Crippen LogP contribution in [0.2, 0.25) is 10.0 Å². The highest BCUT2D eigenvalue weighted by molar-refractivity contribution is 7.88. The Labute approximate surface area is 129 Å². The van der Waals surface area contributed by atoms with Gasteiger partial charge in [0.2, 0.25) is 10.0 Å². The maximum absolute atomic E-state index is 12.2. The zero-order valence-corrected chi connectivity index (χ0v) is 13.3. The lowest BCUT2D eigenvalue weighted by Gasteiger charge is -2.26. The van der Waals surface area contributed by atoms with E-state index < -0.39 is 10.0 Å². The van der Waals surface area contributed by atoms with E-state index >= 15 is 0 Å². The van der Waals surface area contributed by atoms with Gasteiger partial charge in [0.1, 0.15) is 0 Å². The number of nitrogens with one attached hydrogen (secondary N) is 1. The topological polar surface area (TPSA) is 72.2 Å². The number of hydrogen-bond acceptors (Lipinski definition) is 3. The van der Waals surface area contributed by atoms with Crippen molar-refractivity contribution in [2.45, 2.75) is 43.5 Å². The van der Waals surface area contributed by atoms with Gasteiger partial charge in [0.25, 0.3) is 0 Å². The van der Waals surface area contributed by atoms with Crippen LogP contribution in [0.25, 0.3) is 0 Å². The number of hydrogen-bond donors (Lipinski definition) is 2. The van der Waals surface area contributed by atoms with Gasteiger partial charge in [-0.3, -0.25) is 0 Å². The van der Waals surface area contributed by atoms with E-state index in [9.17, 15) is 8.42 Å². The fraction of sp³-hybridized carbons (Fsp3) is 0.538. The highest BCUT2D eigenvalue weighted by Crippen LogP contribution is 2.26. The average Bonchev–Trinajstić information content (AvgIpc) is 2.37. The zero-order chi connectivity index (χ0) is 14.8. The van der Waals surface area contributed by atoms with Crippen LogP contribution in [0.5, 0.6) is 0 Å². The minimum absolute atomic E-state index is 0.0407. The maximum Gasteiger partial charge on any atom is 0.216 e. The van der Waals surface area contributed by atoms with Crippen molar-refractivity contribution in [1.82, 2.24) is 4.72 Å². The number of benzene rings is 1. The molecule has 2 rings (SSSR count).